The number of nitrogens with zero attached hydrogens (tertiary/aromatic N) is 1. The second-order valence-electron chi connectivity index (χ2n) is 6.41. The molecule has 0 aromatic heterocycles. The molecule has 0 aliphatic rings. The van der Waals surface area contributed by atoms with Gasteiger partial charge in [0, 0.05) is 10.6 Å². The SMILES string of the molecule is COc1ccc(C=C(NC(=O)c2ccccc2)C(=O)NN=Cc2cccc(Cl)c2)cc1. The van der Waals surface area contributed by atoms with Crippen LogP contribution >= 0.6 is 11.6 Å². The topological polar surface area (TPSA) is 79.8 Å². The highest BCUT2D eigenvalue weighted by Crippen LogP contribution is 2.14. The summed E-state index contributed by atoms with van der Waals surface area (Å²) in [5.74, 6) is -0.296. The number of benzene rings is 3. The summed E-state index contributed by atoms with van der Waals surface area (Å²) in [6, 6.07) is 22.7. The van der Waals surface area contributed by atoms with E-state index in [4.69, 9.17) is 16.3 Å². The number of nitrogens with one attached hydrogen (secondary N) is 2. The molecule has 0 aliphatic heterocycles. The second-order valence-corrected chi connectivity index (χ2v) is 6.84. The van der Waals surface area contributed by atoms with Gasteiger partial charge in [-0.1, -0.05) is 54.1 Å². The molecule has 0 spiro atoms. The molecule has 0 saturated heterocycles. The van der Waals surface area contributed by atoms with Crippen LogP contribution < -0.4 is 15.5 Å². The first-order valence-corrected chi connectivity index (χ1v) is 9.74. The van der Waals surface area contributed by atoms with Gasteiger partial charge in [0.1, 0.15) is 11.4 Å². The predicted octanol–water partition coefficient (Wildman–Crippen LogP) is 4.27. The summed E-state index contributed by atoms with van der Waals surface area (Å²) in [5, 5.41) is 7.17. The van der Waals surface area contributed by atoms with Crippen molar-refractivity contribution in [1.82, 2.24) is 10.7 Å². The van der Waals surface area contributed by atoms with Gasteiger partial charge in [-0.2, -0.15) is 5.10 Å². The molecule has 31 heavy (non-hydrogen) atoms. The molecule has 3 aromatic carbocycles. The van der Waals surface area contributed by atoms with Gasteiger partial charge in [0.2, 0.25) is 0 Å². The fourth-order valence-electron chi connectivity index (χ4n) is 2.62. The molecular formula is C24H20ClN3O3. The van der Waals surface area contributed by atoms with Gasteiger partial charge in [-0.3, -0.25) is 9.59 Å². The standard InChI is InChI=1S/C24H20ClN3O3/c1-31-21-12-10-17(11-13-21)15-22(27-23(29)19-7-3-2-4-8-19)24(30)28-26-16-18-6-5-9-20(25)14-18/h2-16H,1H3,(H,27,29)(H,28,30). The minimum absolute atomic E-state index is 0.0438. The van der Waals surface area contributed by atoms with Crippen LogP contribution in [0.3, 0.4) is 0 Å². The third kappa shape index (κ3) is 6.55. The van der Waals surface area contributed by atoms with E-state index >= 15 is 0 Å². The minimum atomic E-state index is -0.571. The predicted molar refractivity (Wildman–Crippen MR) is 122 cm³/mol. The Kier molecular flexibility index (Phi) is 7.56. The van der Waals surface area contributed by atoms with E-state index in [-0.39, 0.29) is 5.70 Å². The lowest BCUT2D eigenvalue weighted by Gasteiger charge is -2.09. The van der Waals surface area contributed by atoms with E-state index in [2.05, 4.69) is 15.8 Å². The molecule has 0 aliphatic carbocycles. The molecule has 7 heteroatoms. The lowest BCUT2D eigenvalue weighted by atomic mass is 10.1. The molecule has 0 heterocycles. The Morgan fingerprint density at radius 3 is 2.35 bits per heavy atom. The van der Waals surface area contributed by atoms with Crippen molar-refractivity contribution in [2.45, 2.75) is 0 Å². The molecule has 6 nitrogen and oxygen atoms in total. The van der Waals surface area contributed by atoms with Crippen molar-refractivity contribution in [1.29, 1.82) is 0 Å². The van der Waals surface area contributed by atoms with Crippen LogP contribution in [0.2, 0.25) is 5.02 Å². The number of carbonyl (C=O) groups is 2. The van der Waals surface area contributed by atoms with Gasteiger partial charge < -0.3 is 10.1 Å². The molecule has 0 saturated carbocycles. The quantitative estimate of drug-likeness (QED) is 0.332. The Morgan fingerprint density at radius 1 is 0.935 bits per heavy atom. The van der Waals surface area contributed by atoms with Crippen molar-refractivity contribution in [3.05, 3.63) is 106 Å². The van der Waals surface area contributed by atoms with Gasteiger partial charge in [-0.15, -0.1) is 0 Å². The Balaban J connectivity index is 1.80. The number of halogens is 1. The molecule has 0 radical (unpaired) electrons. The smallest absolute Gasteiger partial charge is 0.287 e. The highest BCUT2D eigenvalue weighted by Gasteiger charge is 2.14. The fourth-order valence-corrected chi connectivity index (χ4v) is 2.82. The van der Waals surface area contributed by atoms with Crippen molar-refractivity contribution >= 4 is 35.7 Å². The number of hydrazone groups is 1. The van der Waals surface area contributed by atoms with E-state index in [0.717, 1.165) is 5.56 Å². The van der Waals surface area contributed by atoms with Crippen LogP contribution in [0.1, 0.15) is 21.5 Å². The van der Waals surface area contributed by atoms with Crippen LogP contribution in [-0.4, -0.2) is 25.1 Å². The first-order valence-electron chi connectivity index (χ1n) is 9.36. The molecule has 0 atom stereocenters. The average Bonchev–Trinajstić information content (AvgIpc) is 2.79. The average molecular weight is 434 g/mol. The zero-order chi connectivity index (χ0) is 22.1. The second kappa shape index (κ2) is 10.8. The third-order valence-corrected chi connectivity index (χ3v) is 4.42. The van der Waals surface area contributed by atoms with Gasteiger partial charge in [-0.25, -0.2) is 5.43 Å². The van der Waals surface area contributed by atoms with E-state index in [1.165, 1.54) is 6.21 Å². The minimum Gasteiger partial charge on any atom is -0.497 e. The summed E-state index contributed by atoms with van der Waals surface area (Å²) in [4.78, 5) is 25.3. The summed E-state index contributed by atoms with van der Waals surface area (Å²) < 4.78 is 5.15. The highest BCUT2D eigenvalue weighted by atomic mass is 35.5. The number of hydrogen-bond acceptors (Lipinski definition) is 4. The van der Waals surface area contributed by atoms with E-state index in [0.29, 0.717) is 21.9 Å². The van der Waals surface area contributed by atoms with Crippen LogP contribution in [0.5, 0.6) is 5.75 Å². The molecule has 0 fully saturated rings. The van der Waals surface area contributed by atoms with Gasteiger partial charge in [-0.05, 0) is 53.6 Å². The summed E-state index contributed by atoms with van der Waals surface area (Å²) in [5.41, 5.74) is 4.33. The summed E-state index contributed by atoms with van der Waals surface area (Å²) >= 11 is 5.95. The monoisotopic (exact) mass is 433 g/mol. The Bertz CT molecular complexity index is 1110. The number of ether oxygens (including phenoxy) is 1. The Morgan fingerprint density at radius 2 is 1.68 bits per heavy atom. The van der Waals surface area contributed by atoms with Crippen molar-refractivity contribution in [3.8, 4) is 5.75 Å². The van der Waals surface area contributed by atoms with Crippen LogP contribution in [0, 0.1) is 0 Å². The number of hydrogen-bond donors (Lipinski definition) is 2. The van der Waals surface area contributed by atoms with Crippen LogP contribution in [-0.2, 0) is 4.79 Å². The van der Waals surface area contributed by atoms with Crippen molar-refractivity contribution in [2.75, 3.05) is 7.11 Å². The normalized spacial score (nSPS) is 11.2. The molecule has 2 amide bonds. The molecule has 0 bridgehead atoms. The van der Waals surface area contributed by atoms with Crippen molar-refractivity contribution in [3.63, 3.8) is 0 Å². The zero-order valence-corrected chi connectivity index (χ0v) is 17.5. The van der Waals surface area contributed by atoms with E-state index < -0.39 is 11.8 Å². The van der Waals surface area contributed by atoms with E-state index in [1.807, 2.05) is 6.07 Å². The van der Waals surface area contributed by atoms with Gasteiger partial charge in [0.25, 0.3) is 11.8 Å². The maximum atomic E-state index is 12.7. The Hall–Kier alpha value is -3.90. The fraction of sp³-hybridized carbons (Fsp3) is 0.0417. The molecule has 3 rings (SSSR count). The van der Waals surface area contributed by atoms with Gasteiger partial charge in [0.05, 0.1) is 13.3 Å². The third-order valence-electron chi connectivity index (χ3n) is 4.18. The van der Waals surface area contributed by atoms with Crippen LogP contribution in [0.25, 0.3) is 6.08 Å². The lowest BCUT2D eigenvalue weighted by molar-refractivity contribution is -0.117. The first-order chi connectivity index (χ1) is 15.0. The summed E-state index contributed by atoms with van der Waals surface area (Å²) in [6.07, 6.45) is 3.03. The zero-order valence-electron chi connectivity index (χ0n) is 16.7. The number of rotatable bonds is 7. The van der Waals surface area contributed by atoms with Crippen LogP contribution in [0.15, 0.2) is 89.7 Å². The van der Waals surface area contributed by atoms with E-state index in [9.17, 15) is 9.59 Å². The number of carbonyl (C=O) groups excluding carboxylic acids is 2. The molecular weight excluding hydrogens is 414 g/mol. The van der Waals surface area contributed by atoms with Crippen molar-refractivity contribution in [2.24, 2.45) is 5.10 Å². The lowest BCUT2D eigenvalue weighted by Crippen LogP contribution is -2.32. The number of methoxy groups -OCH3 is 1. The molecule has 2 N–H and O–H groups in total. The maximum absolute atomic E-state index is 12.7. The summed E-state index contributed by atoms with van der Waals surface area (Å²) in [7, 11) is 1.57. The number of amides is 2. The van der Waals surface area contributed by atoms with Crippen molar-refractivity contribution < 1.29 is 14.3 Å². The highest BCUT2D eigenvalue weighted by molar-refractivity contribution is 6.30. The molecule has 3 aromatic rings. The van der Waals surface area contributed by atoms with Gasteiger partial charge >= 0.3 is 0 Å². The molecule has 0 unspecified atom stereocenters. The maximum Gasteiger partial charge on any atom is 0.287 e. The molecule has 156 valence electrons. The first kappa shape index (κ1) is 21.8. The Labute approximate surface area is 185 Å². The van der Waals surface area contributed by atoms with Crippen LogP contribution in [0.4, 0.5) is 0 Å². The largest absolute Gasteiger partial charge is 0.497 e. The van der Waals surface area contributed by atoms with Gasteiger partial charge in [0.15, 0.2) is 0 Å². The summed E-state index contributed by atoms with van der Waals surface area (Å²) in [6.45, 7) is 0. The van der Waals surface area contributed by atoms with E-state index in [1.54, 1.807) is 86.0 Å².